The lowest BCUT2D eigenvalue weighted by Gasteiger charge is -2.09. The van der Waals surface area contributed by atoms with E-state index in [0.29, 0.717) is 4.99 Å². The highest BCUT2D eigenvalue weighted by molar-refractivity contribution is 9.10. The highest BCUT2D eigenvalue weighted by Crippen LogP contribution is 2.23. The second-order valence-corrected chi connectivity index (χ2v) is 5.61. The lowest BCUT2D eigenvalue weighted by atomic mass is 10.2. The maximum Gasteiger partial charge on any atom is 0.104 e. The van der Waals surface area contributed by atoms with Crippen molar-refractivity contribution in [2.24, 2.45) is 5.73 Å². The van der Waals surface area contributed by atoms with Gasteiger partial charge >= 0.3 is 0 Å². The van der Waals surface area contributed by atoms with Crippen LogP contribution in [0.1, 0.15) is 12.0 Å². The molecule has 0 heterocycles. The van der Waals surface area contributed by atoms with Crippen LogP contribution in [0.3, 0.4) is 0 Å². The summed E-state index contributed by atoms with van der Waals surface area (Å²) < 4.78 is 1.00. The van der Waals surface area contributed by atoms with Gasteiger partial charge in [-0.3, -0.25) is 0 Å². The third kappa shape index (κ3) is 4.31. The van der Waals surface area contributed by atoms with Crippen molar-refractivity contribution in [2.45, 2.75) is 6.42 Å². The number of anilines is 1. The SMILES string of the molecule is CSCCCNc1ccc(C(N)=S)cc1Br. The van der Waals surface area contributed by atoms with Crippen LogP contribution in [0.5, 0.6) is 0 Å². The van der Waals surface area contributed by atoms with Crippen molar-refractivity contribution >= 4 is 50.6 Å². The molecule has 0 aliphatic carbocycles. The van der Waals surface area contributed by atoms with Gasteiger partial charge in [-0.05, 0) is 52.6 Å². The normalized spacial score (nSPS) is 10.1. The van der Waals surface area contributed by atoms with Crippen molar-refractivity contribution in [3.63, 3.8) is 0 Å². The Labute approximate surface area is 114 Å². The lowest BCUT2D eigenvalue weighted by Crippen LogP contribution is -2.10. The van der Waals surface area contributed by atoms with E-state index in [9.17, 15) is 0 Å². The van der Waals surface area contributed by atoms with Gasteiger partial charge in [0.1, 0.15) is 4.99 Å². The van der Waals surface area contributed by atoms with Gasteiger partial charge in [0, 0.05) is 22.3 Å². The van der Waals surface area contributed by atoms with Gasteiger partial charge in [0.2, 0.25) is 0 Å². The standard InChI is InChI=1S/C11H15BrN2S2/c1-16-6-2-5-14-10-4-3-8(11(13)15)7-9(10)12/h3-4,7,14H,2,5-6H2,1H3,(H2,13,15). The van der Waals surface area contributed by atoms with Crippen LogP contribution in [0.25, 0.3) is 0 Å². The number of rotatable bonds is 6. The molecule has 0 unspecified atom stereocenters. The molecule has 0 amide bonds. The van der Waals surface area contributed by atoms with Crippen molar-refractivity contribution in [3.05, 3.63) is 28.2 Å². The van der Waals surface area contributed by atoms with Crippen molar-refractivity contribution < 1.29 is 0 Å². The molecule has 5 heteroatoms. The minimum absolute atomic E-state index is 0.426. The summed E-state index contributed by atoms with van der Waals surface area (Å²) in [7, 11) is 0. The quantitative estimate of drug-likeness (QED) is 0.623. The fourth-order valence-corrected chi connectivity index (χ4v) is 2.33. The van der Waals surface area contributed by atoms with Gasteiger partial charge in [0.05, 0.1) is 0 Å². The Balaban J connectivity index is 2.57. The zero-order valence-corrected chi connectivity index (χ0v) is 12.3. The molecule has 0 radical (unpaired) electrons. The number of nitrogens with two attached hydrogens (primary N) is 1. The van der Waals surface area contributed by atoms with Gasteiger partial charge in [0.25, 0.3) is 0 Å². The van der Waals surface area contributed by atoms with Gasteiger partial charge in [-0.1, -0.05) is 12.2 Å². The summed E-state index contributed by atoms with van der Waals surface area (Å²) in [6.07, 6.45) is 3.28. The molecule has 0 bridgehead atoms. The fraction of sp³-hybridized carbons (Fsp3) is 0.364. The van der Waals surface area contributed by atoms with Crippen molar-refractivity contribution in [2.75, 3.05) is 23.9 Å². The van der Waals surface area contributed by atoms with Crippen molar-refractivity contribution in [1.82, 2.24) is 0 Å². The Hall–Kier alpha value is -0.260. The summed E-state index contributed by atoms with van der Waals surface area (Å²) in [5.41, 5.74) is 7.53. The minimum atomic E-state index is 0.426. The Morgan fingerprint density at radius 3 is 2.88 bits per heavy atom. The molecule has 0 aromatic heterocycles. The first kappa shape index (κ1) is 13.8. The summed E-state index contributed by atoms with van der Waals surface area (Å²) in [6, 6.07) is 5.88. The number of halogens is 1. The molecule has 0 saturated heterocycles. The number of hydrogen-bond acceptors (Lipinski definition) is 3. The molecule has 0 fully saturated rings. The third-order valence-corrected chi connectivity index (χ3v) is 3.68. The van der Waals surface area contributed by atoms with Crippen LogP contribution in [0.4, 0.5) is 5.69 Å². The maximum atomic E-state index is 5.56. The highest BCUT2D eigenvalue weighted by Gasteiger charge is 2.02. The van der Waals surface area contributed by atoms with E-state index >= 15 is 0 Å². The number of benzene rings is 1. The Morgan fingerprint density at radius 1 is 1.56 bits per heavy atom. The molecular weight excluding hydrogens is 304 g/mol. The van der Waals surface area contributed by atoms with Crippen LogP contribution >= 0.6 is 39.9 Å². The average molecular weight is 319 g/mol. The van der Waals surface area contributed by atoms with Crippen LogP contribution < -0.4 is 11.1 Å². The number of thioether (sulfide) groups is 1. The molecule has 3 N–H and O–H groups in total. The number of hydrogen-bond donors (Lipinski definition) is 2. The number of thiocarbonyl (C=S) groups is 1. The van der Waals surface area contributed by atoms with Crippen LogP contribution in [-0.2, 0) is 0 Å². The first-order chi connectivity index (χ1) is 7.65. The van der Waals surface area contributed by atoms with E-state index in [2.05, 4.69) is 27.5 Å². The summed E-state index contributed by atoms with van der Waals surface area (Å²) in [5, 5.41) is 3.37. The second kappa shape index (κ2) is 7.14. The molecule has 1 aromatic carbocycles. The van der Waals surface area contributed by atoms with E-state index in [1.165, 1.54) is 5.75 Å². The summed E-state index contributed by atoms with van der Waals surface area (Å²) in [6.45, 7) is 0.978. The molecule has 0 aliphatic heterocycles. The van der Waals surface area contributed by atoms with Gasteiger partial charge in [-0.15, -0.1) is 0 Å². The maximum absolute atomic E-state index is 5.56. The molecule has 0 saturated carbocycles. The van der Waals surface area contributed by atoms with E-state index in [0.717, 1.165) is 28.7 Å². The Bertz CT molecular complexity index is 369. The summed E-state index contributed by atoms with van der Waals surface area (Å²) >= 11 is 10.3. The average Bonchev–Trinajstić information content (AvgIpc) is 2.26. The van der Waals surface area contributed by atoms with Crippen LogP contribution in [-0.4, -0.2) is 23.5 Å². The summed E-state index contributed by atoms with van der Waals surface area (Å²) in [4.78, 5) is 0.426. The van der Waals surface area contributed by atoms with Crippen molar-refractivity contribution in [1.29, 1.82) is 0 Å². The van der Waals surface area contributed by atoms with E-state index in [-0.39, 0.29) is 0 Å². The third-order valence-electron chi connectivity index (χ3n) is 2.09. The van der Waals surface area contributed by atoms with Crippen LogP contribution in [0.2, 0.25) is 0 Å². The Morgan fingerprint density at radius 2 is 2.31 bits per heavy atom. The van der Waals surface area contributed by atoms with Gasteiger partial charge in [-0.2, -0.15) is 11.8 Å². The lowest BCUT2D eigenvalue weighted by molar-refractivity contribution is 0.992. The summed E-state index contributed by atoms with van der Waals surface area (Å²) in [5.74, 6) is 1.18. The molecular formula is C11H15BrN2S2. The van der Waals surface area contributed by atoms with E-state index in [1.54, 1.807) is 0 Å². The molecule has 0 atom stereocenters. The fourth-order valence-electron chi connectivity index (χ4n) is 1.25. The van der Waals surface area contributed by atoms with E-state index in [4.69, 9.17) is 18.0 Å². The zero-order chi connectivity index (χ0) is 12.0. The van der Waals surface area contributed by atoms with Gasteiger partial charge < -0.3 is 11.1 Å². The molecule has 0 aliphatic rings. The monoisotopic (exact) mass is 318 g/mol. The highest BCUT2D eigenvalue weighted by atomic mass is 79.9. The minimum Gasteiger partial charge on any atom is -0.389 e. The largest absolute Gasteiger partial charge is 0.389 e. The predicted octanol–water partition coefficient (Wildman–Crippen LogP) is 3.25. The number of nitrogens with one attached hydrogen (secondary N) is 1. The zero-order valence-electron chi connectivity index (χ0n) is 9.13. The molecule has 16 heavy (non-hydrogen) atoms. The molecule has 1 aromatic rings. The van der Waals surface area contributed by atoms with Crippen LogP contribution in [0, 0.1) is 0 Å². The predicted molar refractivity (Wildman–Crippen MR) is 81.5 cm³/mol. The molecule has 88 valence electrons. The molecule has 2 nitrogen and oxygen atoms in total. The first-order valence-electron chi connectivity index (χ1n) is 4.97. The van der Waals surface area contributed by atoms with Gasteiger partial charge in [-0.25, -0.2) is 0 Å². The second-order valence-electron chi connectivity index (χ2n) is 3.33. The van der Waals surface area contributed by atoms with Crippen LogP contribution in [0.15, 0.2) is 22.7 Å². The topological polar surface area (TPSA) is 38.0 Å². The molecule has 0 spiro atoms. The van der Waals surface area contributed by atoms with E-state index < -0.39 is 0 Å². The Kier molecular flexibility index (Phi) is 6.16. The first-order valence-corrected chi connectivity index (χ1v) is 7.57. The molecule has 1 rings (SSSR count). The van der Waals surface area contributed by atoms with Crippen molar-refractivity contribution in [3.8, 4) is 0 Å². The van der Waals surface area contributed by atoms with Gasteiger partial charge in [0.15, 0.2) is 0 Å². The van der Waals surface area contributed by atoms with E-state index in [1.807, 2.05) is 30.0 Å². The smallest absolute Gasteiger partial charge is 0.104 e.